The molecule has 0 amide bonds. The van der Waals surface area contributed by atoms with Gasteiger partial charge in [0, 0.05) is 5.97 Å². The van der Waals surface area contributed by atoms with E-state index in [1.807, 2.05) is 6.08 Å². The van der Waals surface area contributed by atoms with Crippen molar-refractivity contribution in [1.29, 1.82) is 0 Å². The first kappa shape index (κ1) is 28.4. The van der Waals surface area contributed by atoms with E-state index in [2.05, 4.69) is 37.8 Å². The molecule has 0 bridgehead atoms. The van der Waals surface area contributed by atoms with Crippen molar-refractivity contribution in [2.75, 3.05) is 0 Å². The molecular weight excluding hydrogens is 367 g/mol. The standard InChI is InChI=1S/C26H42O2.Na/c1-3-5-6-7-10-13-16-24(25-21-19-23(4-2)20-22-25)17-14-11-8-9-12-15-18-26(27)28;/h4,19-22,24H,2-3,5-18H2,1H3,(H,27,28);/q;+1/p-1. The molecule has 158 valence electrons. The average molecular weight is 409 g/mol. The van der Waals surface area contributed by atoms with Crippen molar-refractivity contribution in [3.8, 4) is 0 Å². The van der Waals surface area contributed by atoms with Gasteiger partial charge in [-0.15, -0.1) is 0 Å². The first-order chi connectivity index (χ1) is 13.7. The van der Waals surface area contributed by atoms with Gasteiger partial charge in [0.1, 0.15) is 0 Å². The van der Waals surface area contributed by atoms with E-state index < -0.39 is 5.97 Å². The summed E-state index contributed by atoms with van der Waals surface area (Å²) in [4.78, 5) is 10.4. The largest absolute Gasteiger partial charge is 1.00 e. The number of rotatable bonds is 18. The van der Waals surface area contributed by atoms with Crippen molar-refractivity contribution in [1.82, 2.24) is 0 Å². The Bertz CT molecular complexity index is 524. The van der Waals surface area contributed by atoms with E-state index in [1.54, 1.807) is 0 Å². The van der Waals surface area contributed by atoms with Gasteiger partial charge in [-0.1, -0.05) is 114 Å². The monoisotopic (exact) mass is 408 g/mol. The molecule has 0 aliphatic rings. The summed E-state index contributed by atoms with van der Waals surface area (Å²) in [6.07, 6.45) is 19.5. The normalized spacial score (nSPS) is 11.6. The summed E-state index contributed by atoms with van der Waals surface area (Å²) in [7, 11) is 0. The summed E-state index contributed by atoms with van der Waals surface area (Å²) in [5.74, 6) is -0.247. The van der Waals surface area contributed by atoms with Crippen LogP contribution in [0.3, 0.4) is 0 Å². The van der Waals surface area contributed by atoms with Crippen LogP contribution in [-0.4, -0.2) is 5.97 Å². The van der Waals surface area contributed by atoms with Gasteiger partial charge in [-0.2, -0.15) is 0 Å². The van der Waals surface area contributed by atoms with Gasteiger partial charge in [-0.25, -0.2) is 0 Å². The predicted octanol–water partition coefficient (Wildman–Crippen LogP) is 4.04. The third-order valence-corrected chi connectivity index (χ3v) is 5.73. The Morgan fingerprint density at radius 2 is 1.34 bits per heavy atom. The van der Waals surface area contributed by atoms with Crippen molar-refractivity contribution in [3.05, 3.63) is 42.0 Å². The van der Waals surface area contributed by atoms with E-state index in [0.717, 1.165) is 19.3 Å². The topological polar surface area (TPSA) is 40.1 Å². The van der Waals surface area contributed by atoms with Crippen LogP contribution >= 0.6 is 0 Å². The predicted molar refractivity (Wildman–Crippen MR) is 119 cm³/mol. The number of carboxylic acid groups (broad SMARTS) is 1. The summed E-state index contributed by atoms with van der Waals surface area (Å²) in [6, 6.07) is 8.96. The summed E-state index contributed by atoms with van der Waals surface area (Å²) in [5, 5.41) is 10.4. The molecule has 3 heteroatoms. The number of benzene rings is 1. The second-order valence-corrected chi connectivity index (χ2v) is 8.16. The fourth-order valence-corrected chi connectivity index (χ4v) is 3.92. The second-order valence-electron chi connectivity index (χ2n) is 8.16. The third-order valence-electron chi connectivity index (χ3n) is 5.73. The molecule has 1 aromatic rings. The van der Waals surface area contributed by atoms with Crippen LogP contribution in [0.4, 0.5) is 0 Å². The summed E-state index contributed by atoms with van der Waals surface area (Å²) >= 11 is 0. The van der Waals surface area contributed by atoms with Crippen molar-refractivity contribution in [2.45, 2.75) is 109 Å². The smallest absolute Gasteiger partial charge is 0.550 e. The van der Waals surface area contributed by atoms with Crippen molar-refractivity contribution < 1.29 is 39.5 Å². The van der Waals surface area contributed by atoms with Crippen LogP contribution in [0.2, 0.25) is 0 Å². The molecular formula is C26H41NaO2. The first-order valence-electron chi connectivity index (χ1n) is 11.6. The SMILES string of the molecule is C=Cc1ccc(C(CCCCCCCC)CCCCCCCCC(=O)[O-])cc1.[Na+]. The second kappa shape index (κ2) is 19.4. The van der Waals surface area contributed by atoms with E-state index in [9.17, 15) is 9.90 Å². The van der Waals surface area contributed by atoms with Crippen LogP contribution in [0.1, 0.15) is 120 Å². The summed E-state index contributed by atoms with van der Waals surface area (Å²) < 4.78 is 0. The zero-order chi connectivity index (χ0) is 20.5. The van der Waals surface area contributed by atoms with E-state index in [-0.39, 0.29) is 36.0 Å². The molecule has 1 atom stereocenters. The molecule has 0 fully saturated rings. The van der Waals surface area contributed by atoms with Crippen molar-refractivity contribution in [2.24, 2.45) is 0 Å². The summed E-state index contributed by atoms with van der Waals surface area (Å²) in [6.45, 7) is 6.13. The molecule has 0 N–H and O–H groups in total. The van der Waals surface area contributed by atoms with E-state index in [0.29, 0.717) is 5.92 Å². The molecule has 1 rings (SSSR count). The van der Waals surface area contributed by atoms with Crippen LogP contribution < -0.4 is 34.7 Å². The Hall–Kier alpha value is -0.570. The molecule has 0 saturated carbocycles. The van der Waals surface area contributed by atoms with Crippen LogP contribution in [0, 0.1) is 0 Å². The molecule has 2 nitrogen and oxygen atoms in total. The maximum atomic E-state index is 10.4. The van der Waals surface area contributed by atoms with Crippen LogP contribution in [-0.2, 0) is 4.79 Å². The molecule has 29 heavy (non-hydrogen) atoms. The fourth-order valence-electron chi connectivity index (χ4n) is 3.92. The quantitative estimate of drug-likeness (QED) is 0.272. The van der Waals surface area contributed by atoms with Gasteiger partial charge in [-0.3, -0.25) is 0 Å². The van der Waals surface area contributed by atoms with Crippen molar-refractivity contribution >= 4 is 12.0 Å². The number of carboxylic acids is 1. The minimum Gasteiger partial charge on any atom is -0.550 e. The third kappa shape index (κ3) is 15.0. The van der Waals surface area contributed by atoms with Gasteiger partial charge in [0.25, 0.3) is 0 Å². The van der Waals surface area contributed by atoms with Gasteiger partial charge in [0.15, 0.2) is 0 Å². The van der Waals surface area contributed by atoms with Crippen molar-refractivity contribution in [3.63, 3.8) is 0 Å². The Morgan fingerprint density at radius 3 is 1.83 bits per heavy atom. The maximum absolute atomic E-state index is 10.4. The Balaban J connectivity index is 0.00000784. The molecule has 0 radical (unpaired) electrons. The van der Waals surface area contributed by atoms with Gasteiger partial charge in [0.05, 0.1) is 0 Å². The molecule has 0 saturated heterocycles. The maximum Gasteiger partial charge on any atom is 1.00 e. The van der Waals surface area contributed by atoms with E-state index in [4.69, 9.17) is 0 Å². The number of unbranched alkanes of at least 4 members (excludes halogenated alkanes) is 10. The molecule has 0 aromatic heterocycles. The number of hydrogen-bond acceptors (Lipinski definition) is 2. The number of carbonyl (C=O) groups is 1. The Kier molecular flexibility index (Phi) is 19.0. The molecule has 0 aliphatic carbocycles. The minimum atomic E-state index is -0.917. The molecule has 0 heterocycles. The fraction of sp³-hybridized carbons (Fsp3) is 0.654. The number of carbonyl (C=O) groups excluding carboxylic acids is 1. The summed E-state index contributed by atoms with van der Waals surface area (Å²) in [5.41, 5.74) is 2.67. The molecule has 0 spiro atoms. The molecule has 0 aliphatic heterocycles. The molecule has 1 unspecified atom stereocenters. The van der Waals surface area contributed by atoms with Gasteiger partial charge >= 0.3 is 29.6 Å². The van der Waals surface area contributed by atoms with Gasteiger partial charge in [0.2, 0.25) is 0 Å². The average Bonchev–Trinajstić information content (AvgIpc) is 2.70. The number of hydrogen-bond donors (Lipinski definition) is 0. The van der Waals surface area contributed by atoms with Gasteiger partial charge < -0.3 is 9.90 Å². The Labute approximate surface area is 201 Å². The minimum absolute atomic E-state index is 0. The molecule has 1 aromatic carbocycles. The van der Waals surface area contributed by atoms with E-state index in [1.165, 1.54) is 81.8 Å². The van der Waals surface area contributed by atoms with Crippen LogP contribution in [0.25, 0.3) is 6.08 Å². The zero-order valence-electron chi connectivity index (χ0n) is 19.1. The van der Waals surface area contributed by atoms with E-state index >= 15 is 0 Å². The number of aliphatic carboxylic acids is 1. The van der Waals surface area contributed by atoms with Gasteiger partial charge in [-0.05, 0) is 42.7 Å². The zero-order valence-corrected chi connectivity index (χ0v) is 21.1. The van der Waals surface area contributed by atoms with Crippen LogP contribution in [0.15, 0.2) is 30.8 Å². The Morgan fingerprint density at radius 1 is 0.862 bits per heavy atom. The van der Waals surface area contributed by atoms with Crippen LogP contribution in [0.5, 0.6) is 0 Å². The first-order valence-corrected chi connectivity index (χ1v) is 11.6.